The molecule has 2 atom stereocenters. The van der Waals surface area contributed by atoms with Crippen LogP contribution in [0.1, 0.15) is 54.0 Å². The van der Waals surface area contributed by atoms with E-state index in [1.807, 2.05) is 4.90 Å². The molecule has 1 aromatic carbocycles. The highest BCUT2D eigenvalue weighted by Gasteiger charge is 2.36. The molecule has 0 radical (unpaired) electrons. The maximum absolute atomic E-state index is 13.0. The number of oxazole rings is 1. The molecule has 2 fully saturated rings. The monoisotopic (exact) mass is 480 g/mol. The summed E-state index contributed by atoms with van der Waals surface area (Å²) in [6.45, 7) is 0.771. The Labute approximate surface area is 166 Å². The Kier molecular flexibility index (Phi) is 5.64. The molecule has 2 aliphatic rings. The van der Waals surface area contributed by atoms with Gasteiger partial charge in [0.05, 0.1) is 24.4 Å². The average molecular weight is 480 g/mol. The minimum atomic E-state index is -4.38. The fourth-order valence-corrected chi connectivity index (χ4v) is 3.45. The van der Waals surface area contributed by atoms with Gasteiger partial charge in [-0.1, -0.05) is 12.1 Å². The lowest BCUT2D eigenvalue weighted by Crippen LogP contribution is -2.24. The van der Waals surface area contributed by atoms with Gasteiger partial charge in [0, 0.05) is 18.5 Å². The maximum Gasteiger partial charge on any atom is 0.416 e. The van der Waals surface area contributed by atoms with E-state index < -0.39 is 17.8 Å². The molecule has 4 rings (SSSR count). The number of likely N-dealkylation sites (tertiary alicyclic amines) is 1. The van der Waals surface area contributed by atoms with Crippen LogP contribution in [-0.2, 0) is 12.7 Å². The molecule has 26 heavy (non-hydrogen) atoms. The van der Waals surface area contributed by atoms with Crippen molar-refractivity contribution in [2.24, 2.45) is 0 Å². The fraction of sp³-hybridized carbons (Fsp3) is 0.500. The predicted molar refractivity (Wildman–Crippen MR) is 99.1 cm³/mol. The number of aliphatic hydroxyl groups excluding tert-OH is 1. The van der Waals surface area contributed by atoms with E-state index in [1.54, 1.807) is 12.3 Å². The van der Waals surface area contributed by atoms with Gasteiger partial charge in [0.1, 0.15) is 5.76 Å². The molecule has 0 bridgehead atoms. The molecule has 142 valence electrons. The summed E-state index contributed by atoms with van der Waals surface area (Å²) in [5.74, 6) is 1.89. The van der Waals surface area contributed by atoms with Crippen LogP contribution < -0.4 is 0 Å². The largest absolute Gasteiger partial charge is 0.444 e. The molecule has 2 aromatic rings. The zero-order chi connectivity index (χ0) is 17.6. The van der Waals surface area contributed by atoms with Crippen LogP contribution >= 0.6 is 24.0 Å². The highest BCUT2D eigenvalue weighted by molar-refractivity contribution is 14.0. The lowest BCUT2D eigenvalue weighted by molar-refractivity contribution is -0.137. The Morgan fingerprint density at radius 2 is 2.04 bits per heavy atom. The number of rotatable bonds is 4. The quantitative estimate of drug-likeness (QED) is 0.656. The molecule has 0 spiro atoms. The van der Waals surface area contributed by atoms with Gasteiger partial charge in [-0.2, -0.15) is 13.2 Å². The number of hydrogen-bond donors (Lipinski definition) is 1. The smallest absolute Gasteiger partial charge is 0.416 e. The number of benzene rings is 1. The predicted octanol–water partition coefficient (Wildman–Crippen LogP) is 4.50. The number of alkyl halides is 3. The first-order chi connectivity index (χ1) is 11.9. The number of β-amino-alcohol motifs (C(OH)–C–C–N with tert-alkyl or cyclic N) is 1. The van der Waals surface area contributed by atoms with Crippen LogP contribution in [0.3, 0.4) is 0 Å². The molecular weight excluding hydrogens is 460 g/mol. The minimum Gasteiger partial charge on any atom is -0.444 e. The first-order valence-corrected chi connectivity index (χ1v) is 8.44. The summed E-state index contributed by atoms with van der Waals surface area (Å²) in [4.78, 5) is 6.21. The molecule has 1 saturated carbocycles. The maximum atomic E-state index is 13.0. The van der Waals surface area contributed by atoms with Crippen LogP contribution in [0.15, 0.2) is 34.9 Å². The molecule has 2 heterocycles. The van der Waals surface area contributed by atoms with Crippen LogP contribution in [0, 0.1) is 0 Å². The van der Waals surface area contributed by atoms with Crippen LogP contribution in [0.5, 0.6) is 0 Å². The molecular formula is C18H20F3IN2O2. The summed E-state index contributed by atoms with van der Waals surface area (Å²) in [6.07, 6.45) is -0.582. The Bertz CT molecular complexity index is 761. The van der Waals surface area contributed by atoms with Gasteiger partial charge in [0.15, 0.2) is 0 Å². The van der Waals surface area contributed by atoms with E-state index in [2.05, 4.69) is 4.98 Å². The van der Waals surface area contributed by atoms with E-state index in [-0.39, 0.29) is 30.0 Å². The van der Waals surface area contributed by atoms with Crippen molar-refractivity contribution < 1.29 is 22.7 Å². The second-order valence-electron chi connectivity index (χ2n) is 6.89. The first-order valence-electron chi connectivity index (χ1n) is 8.44. The summed E-state index contributed by atoms with van der Waals surface area (Å²) in [5.41, 5.74) is -0.112. The zero-order valence-corrected chi connectivity index (χ0v) is 16.3. The number of aliphatic hydroxyl groups is 1. The molecule has 0 amide bonds. The Hall–Kier alpha value is -1.13. The summed E-state index contributed by atoms with van der Waals surface area (Å²) in [6, 6.07) is 5.04. The molecule has 1 saturated heterocycles. The van der Waals surface area contributed by atoms with E-state index in [9.17, 15) is 18.3 Å². The van der Waals surface area contributed by atoms with Crippen LogP contribution in [-0.4, -0.2) is 27.6 Å². The van der Waals surface area contributed by atoms with Gasteiger partial charge in [0.2, 0.25) is 5.89 Å². The Morgan fingerprint density at radius 1 is 1.27 bits per heavy atom. The lowest BCUT2D eigenvalue weighted by Gasteiger charge is -2.23. The van der Waals surface area contributed by atoms with E-state index in [0.717, 1.165) is 24.7 Å². The van der Waals surface area contributed by atoms with Crippen LogP contribution in [0.4, 0.5) is 13.2 Å². The summed E-state index contributed by atoms with van der Waals surface area (Å²) in [7, 11) is 0. The Balaban J connectivity index is 0.00000196. The van der Waals surface area contributed by atoms with Gasteiger partial charge in [0.25, 0.3) is 0 Å². The average Bonchev–Trinajstić information content (AvgIpc) is 3.20. The first kappa shape index (κ1) is 19.6. The second-order valence-corrected chi connectivity index (χ2v) is 6.89. The summed E-state index contributed by atoms with van der Waals surface area (Å²) in [5, 5.41) is 10.0. The van der Waals surface area contributed by atoms with Crippen LogP contribution in [0.25, 0.3) is 0 Å². The summed E-state index contributed by atoms with van der Waals surface area (Å²) < 4.78 is 44.7. The van der Waals surface area contributed by atoms with Crippen LogP contribution in [0.2, 0.25) is 0 Å². The molecule has 1 aliphatic carbocycles. The van der Waals surface area contributed by atoms with Crippen molar-refractivity contribution in [2.45, 2.75) is 50.0 Å². The molecule has 1 aromatic heterocycles. The zero-order valence-electron chi connectivity index (χ0n) is 13.9. The number of hydrogen-bond acceptors (Lipinski definition) is 4. The number of aromatic nitrogens is 1. The normalized spacial score (nSPS) is 23.8. The van der Waals surface area contributed by atoms with Crippen molar-refractivity contribution in [2.75, 3.05) is 6.54 Å². The van der Waals surface area contributed by atoms with Crippen molar-refractivity contribution >= 4 is 24.0 Å². The van der Waals surface area contributed by atoms with Crippen molar-refractivity contribution in [3.63, 3.8) is 0 Å². The van der Waals surface area contributed by atoms with Gasteiger partial charge in [-0.3, -0.25) is 4.90 Å². The molecule has 1 N–H and O–H groups in total. The number of nitrogens with zero attached hydrogens (tertiary/aromatic N) is 2. The van der Waals surface area contributed by atoms with Gasteiger partial charge in [-0.05, 0) is 37.0 Å². The third-order valence-electron chi connectivity index (χ3n) is 4.87. The third-order valence-corrected chi connectivity index (χ3v) is 4.87. The van der Waals surface area contributed by atoms with Crippen molar-refractivity contribution in [1.29, 1.82) is 0 Å². The molecule has 1 aliphatic heterocycles. The lowest BCUT2D eigenvalue weighted by atomic mass is 10.0. The topological polar surface area (TPSA) is 49.5 Å². The van der Waals surface area contributed by atoms with Gasteiger partial charge < -0.3 is 9.52 Å². The van der Waals surface area contributed by atoms with Crippen molar-refractivity contribution in [1.82, 2.24) is 9.88 Å². The fourth-order valence-electron chi connectivity index (χ4n) is 3.45. The second kappa shape index (κ2) is 7.47. The molecule has 8 heteroatoms. The van der Waals surface area contributed by atoms with Gasteiger partial charge >= 0.3 is 6.18 Å². The molecule has 4 nitrogen and oxygen atoms in total. The van der Waals surface area contributed by atoms with E-state index in [1.165, 1.54) is 12.1 Å². The Morgan fingerprint density at radius 3 is 2.73 bits per heavy atom. The van der Waals surface area contributed by atoms with Crippen molar-refractivity contribution in [3.05, 3.63) is 53.2 Å². The summed E-state index contributed by atoms with van der Waals surface area (Å²) >= 11 is 0. The van der Waals surface area contributed by atoms with Gasteiger partial charge in [-0.15, -0.1) is 24.0 Å². The minimum absolute atomic E-state index is 0. The highest BCUT2D eigenvalue weighted by atomic mass is 127. The molecule has 2 unspecified atom stereocenters. The number of halogens is 4. The SMILES string of the molecule is I.OC1CC(c2cccc(C(F)(F)F)c2)N(Cc2ncc(C3CC3)o2)C1. The highest BCUT2D eigenvalue weighted by Crippen LogP contribution is 2.41. The van der Waals surface area contributed by atoms with Crippen molar-refractivity contribution in [3.8, 4) is 0 Å². The van der Waals surface area contributed by atoms with Gasteiger partial charge in [-0.25, -0.2) is 4.98 Å². The van der Waals surface area contributed by atoms with E-state index >= 15 is 0 Å². The van der Waals surface area contributed by atoms with E-state index in [0.29, 0.717) is 36.9 Å². The standard InChI is InChI=1S/C18H19F3N2O2.HI/c19-18(20,21)13-3-1-2-12(6-13)15-7-14(24)9-23(15)10-17-22-8-16(25-17)11-4-5-11;/h1-3,6,8,11,14-15,24H,4-5,7,9-10H2;1H. The van der Waals surface area contributed by atoms with E-state index in [4.69, 9.17) is 4.42 Å². The third kappa shape index (κ3) is 4.23.